The highest BCUT2D eigenvalue weighted by Gasteiger charge is 2.33. The minimum Gasteiger partial charge on any atom is -0.465 e. The van der Waals surface area contributed by atoms with Gasteiger partial charge in [-0.05, 0) is 46.1 Å². The van der Waals surface area contributed by atoms with Crippen LogP contribution in [0.4, 0.5) is 0 Å². The van der Waals surface area contributed by atoms with Gasteiger partial charge in [-0.2, -0.15) is 0 Å². The van der Waals surface area contributed by atoms with E-state index >= 15 is 0 Å². The van der Waals surface area contributed by atoms with Crippen molar-refractivity contribution >= 4 is 5.97 Å². The van der Waals surface area contributed by atoms with Crippen molar-refractivity contribution in [2.24, 2.45) is 0 Å². The SMILES string of the molecule is CCCNC(C)(CCCCn1ccnc1)C(=O)OCC. The van der Waals surface area contributed by atoms with E-state index in [1.54, 1.807) is 6.20 Å². The zero-order chi connectivity index (χ0) is 14.8. The molecule has 0 aromatic carbocycles. The molecule has 0 spiro atoms. The van der Waals surface area contributed by atoms with Gasteiger partial charge in [0.25, 0.3) is 0 Å². The molecule has 0 saturated carbocycles. The van der Waals surface area contributed by atoms with Crippen LogP contribution in [0.1, 0.15) is 46.5 Å². The third-order valence-electron chi connectivity index (χ3n) is 3.39. The molecule has 5 heteroatoms. The minimum absolute atomic E-state index is 0.143. The molecule has 1 aromatic rings. The first-order chi connectivity index (χ1) is 9.62. The molecule has 114 valence electrons. The molecular formula is C15H27N3O2. The van der Waals surface area contributed by atoms with Crippen molar-refractivity contribution in [3.8, 4) is 0 Å². The molecule has 1 heterocycles. The quantitative estimate of drug-likeness (QED) is 0.528. The van der Waals surface area contributed by atoms with Gasteiger partial charge in [0.15, 0.2) is 0 Å². The maximum Gasteiger partial charge on any atom is 0.326 e. The molecule has 0 fully saturated rings. The highest BCUT2D eigenvalue weighted by atomic mass is 16.5. The maximum atomic E-state index is 12.1. The van der Waals surface area contributed by atoms with Gasteiger partial charge in [0.05, 0.1) is 12.9 Å². The molecule has 0 aliphatic carbocycles. The molecule has 20 heavy (non-hydrogen) atoms. The van der Waals surface area contributed by atoms with Crippen molar-refractivity contribution in [3.63, 3.8) is 0 Å². The fourth-order valence-corrected chi connectivity index (χ4v) is 2.15. The van der Waals surface area contributed by atoms with Crippen LogP contribution < -0.4 is 5.32 Å². The number of nitrogens with zero attached hydrogens (tertiary/aromatic N) is 2. The Balaban J connectivity index is 2.40. The molecule has 0 bridgehead atoms. The molecule has 0 radical (unpaired) electrons. The van der Waals surface area contributed by atoms with E-state index < -0.39 is 5.54 Å². The summed E-state index contributed by atoms with van der Waals surface area (Å²) in [5.41, 5.74) is -0.568. The standard InChI is InChI=1S/C15H27N3O2/c1-4-9-17-15(3,14(19)20-5-2)8-6-7-11-18-12-10-16-13-18/h10,12-13,17H,4-9,11H2,1-3H3. The van der Waals surface area contributed by atoms with Gasteiger partial charge in [-0.3, -0.25) is 4.79 Å². The molecule has 0 aliphatic rings. The number of hydrogen-bond acceptors (Lipinski definition) is 4. The van der Waals surface area contributed by atoms with E-state index in [1.165, 1.54) is 0 Å². The van der Waals surface area contributed by atoms with Crippen LogP contribution in [0.5, 0.6) is 0 Å². The van der Waals surface area contributed by atoms with Crippen LogP contribution in [0.25, 0.3) is 0 Å². The average Bonchev–Trinajstić information content (AvgIpc) is 2.95. The van der Waals surface area contributed by atoms with Gasteiger partial charge < -0.3 is 14.6 Å². The monoisotopic (exact) mass is 281 g/mol. The Labute approximate surface area is 121 Å². The first-order valence-electron chi connectivity index (χ1n) is 7.50. The fraction of sp³-hybridized carbons (Fsp3) is 0.733. The van der Waals surface area contributed by atoms with E-state index in [2.05, 4.69) is 21.8 Å². The van der Waals surface area contributed by atoms with Gasteiger partial charge in [0.2, 0.25) is 0 Å². The first-order valence-corrected chi connectivity index (χ1v) is 7.50. The van der Waals surface area contributed by atoms with Gasteiger partial charge >= 0.3 is 5.97 Å². The van der Waals surface area contributed by atoms with E-state index in [0.717, 1.165) is 38.8 Å². The van der Waals surface area contributed by atoms with Gasteiger partial charge in [-0.1, -0.05) is 6.92 Å². The summed E-state index contributed by atoms with van der Waals surface area (Å²) in [6.45, 7) is 8.08. The highest BCUT2D eigenvalue weighted by Crippen LogP contribution is 2.17. The second kappa shape index (κ2) is 8.74. The van der Waals surface area contributed by atoms with Crippen LogP contribution in [0.3, 0.4) is 0 Å². The molecule has 5 nitrogen and oxygen atoms in total. The van der Waals surface area contributed by atoms with Crippen molar-refractivity contribution in [1.29, 1.82) is 0 Å². The Morgan fingerprint density at radius 2 is 2.20 bits per heavy atom. The first kappa shape index (κ1) is 16.7. The predicted octanol–water partition coefficient (Wildman–Crippen LogP) is 2.37. The smallest absolute Gasteiger partial charge is 0.326 e. The largest absolute Gasteiger partial charge is 0.465 e. The number of nitrogens with one attached hydrogen (secondary N) is 1. The van der Waals surface area contributed by atoms with E-state index in [-0.39, 0.29) is 5.97 Å². The lowest BCUT2D eigenvalue weighted by atomic mass is 9.94. The van der Waals surface area contributed by atoms with E-state index in [1.807, 2.05) is 26.4 Å². The lowest BCUT2D eigenvalue weighted by molar-refractivity contribution is -0.150. The number of rotatable bonds is 10. The van der Waals surface area contributed by atoms with E-state index in [9.17, 15) is 4.79 Å². The molecular weight excluding hydrogens is 254 g/mol. The summed E-state index contributed by atoms with van der Waals surface area (Å²) in [6.07, 6.45) is 9.36. The Morgan fingerprint density at radius 3 is 2.80 bits per heavy atom. The zero-order valence-electron chi connectivity index (χ0n) is 12.9. The van der Waals surface area contributed by atoms with Crippen LogP contribution in [0.2, 0.25) is 0 Å². The Morgan fingerprint density at radius 1 is 1.40 bits per heavy atom. The summed E-state index contributed by atoms with van der Waals surface area (Å²) >= 11 is 0. The van der Waals surface area contributed by atoms with Gasteiger partial charge in [0.1, 0.15) is 5.54 Å². The van der Waals surface area contributed by atoms with Crippen molar-refractivity contribution in [1.82, 2.24) is 14.9 Å². The molecule has 1 rings (SSSR count). The summed E-state index contributed by atoms with van der Waals surface area (Å²) in [7, 11) is 0. The van der Waals surface area contributed by atoms with Crippen LogP contribution >= 0.6 is 0 Å². The second-order valence-electron chi connectivity index (χ2n) is 5.24. The molecule has 1 aromatic heterocycles. The molecule has 0 amide bonds. The van der Waals surface area contributed by atoms with Crippen molar-refractivity contribution < 1.29 is 9.53 Å². The molecule has 1 unspecified atom stereocenters. The zero-order valence-corrected chi connectivity index (χ0v) is 12.9. The van der Waals surface area contributed by atoms with Gasteiger partial charge in [-0.25, -0.2) is 4.98 Å². The summed E-state index contributed by atoms with van der Waals surface area (Å²) in [4.78, 5) is 16.1. The number of aryl methyl sites for hydroxylation is 1. The van der Waals surface area contributed by atoms with Crippen molar-refractivity contribution in [2.45, 2.75) is 58.5 Å². The third kappa shape index (κ3) is 5.33. The molecule has 0 aliphatic heterocycles. The van der Waals surface area contributed by atoms with Crippen molar-refractivity contribution in [2.75, 3.05) is 13.2 Å². The Hall–Kier alpha value is -1.36. The summed E-state index contributed by atoms with van der Waals surface area (Å²) in [5, 5.41) is 3.33. The molecule has 1 N–H and O–H groups in total. The van der Waals surface area contributed by atoms with Crippen LogP contribution in [-0.2, 0) is 16.1 Å². The number of ether oxygens (including phenoxy) is 1. The Kier molecular flexibility index (Phi) is 7.30. The van der Waals surface area contributed by atoms with Crippen LogP contribution in [-0.4, -0.2) is 34.2 Å². The number of esters is 1. The predicted molar refractivity (Wildman–Crippen MR) is 79.4 cm³/mol. The lowest BCUT2D eigenvalue weighted by Gasteiger charge is -2.28. The van der Waals surface area contributed by atoms with Gasteiger partial charge in [0, 0.05) is 18.9 Å². The highest BCUT2D eigenvalue weighted by molar-refractivity contribution is 5.80. The summed E-state index contributed by atoms with van der Waals surface area (Å²) in [6, 6.07) is 0. The van der Waals surface area contributed by atoms with Gasteiger partial charge in [-0.15, -0.1) is 0 Å². The summed E-state index contributed by atoms with van der Waals surface area (Å²) < 4.78 is 7.25. The maximum absolute atomic E-state index is 12.1. The molecule has 1 atom stereocenters. The minimum atomic E-state index is -0.568. The number of unbranched alkanes of at least 4 members (excludes halogenated alkanes) is 1. The topological polar surface area (TPSA) is 56.2 Å². The summed E-state index contributed by atoms with van der Waals surface area (Å²) in [5.74, 6) is -0.143. The van der Waals surface area contributed by atoms with Crippen LogP contribution in [0, 0.1) is 0 Å². The van der Waals surface area contributed by atoms with Crippen LogP contribution in [0.15, 0.2) is 18.7 Å². The number of aromatic nitrogens is 2. The van der Waals surface area contributed by atoms with E-state index in [0.29, 0.717) is 6.61 Å². The normalized spacial score (nSPS) is 13.9. The third-order valence-corrected chi connectivity index (χ3v) is 3.39. The van der Waals surface area contributed by atoms with Crippen molar-refractivity contribution in [3.05, 3.63) is 18.7 Å². The van der Waals surface area contributed by atoms with E-state index in [4.69, 9.17) is 4.74 Å². The number of carbonyl (C=O) groups excluding carboxylic acids is 1. The fourth-order valence-electron chi connectivity index (χ4n) is 2.15. The Bertz CT molecular complexity index is 378. The molecule has 0 saturated heterocycles. The number of imidazole rings is 1. The second-order valence-corrected chi connectivity index (χ2v) is 5.24. The number of hydrogen-bond donors (Lipinski definition) is 1. The lowest BCUT2D eigenvalue weighted by Crippen LogP contribution is -2.50. The average molecular weight is 281 g/mol. The number of carbonyl (C=O) groups is 1.